The molecule has 0 aromatic heterocycles. The van der Waals surface area contributed by atoms with E-state index in [4.69, 9.17) is 0 Å². The molecule has 4 heteroatoms. The molecule has 0 saturated carbocycles. The van der Waals surface area contributed by atoms with Gasteiger partial charge in [0.25, 0.3) is 0 Å². The molecular weight excluding hydrogens is 262 g/mol. The van der Waals surface area contributed by atoms with Crippen LogP contribution in [0.25, 0.3) is 0 Å². The molecule has 0 radical (unpaired) electrons. The number of amides is 2. The molecule has 2 saturated heterocycles. The van der Waals surface area contributed by atoms with Gasteiger partial charge in [-0.15, -0.1) is 0 Å². The maximum atomic E-state index is 12.4. The molecule has 0 atom stereocenters. The minimum atomic E-state index is 0.0492. The lowest BCUT2D eigenvalue weighted by Gasteiger charge is -2.44. The topological polar surface area (TPSA) is 44.4 Å². The summed E-state index contributed by atoms with van der Waals surface area (Å²) in [5, 5.41) is 6.48. The summed E-state index contributed by atoms with van der Waals surface area (Å²) in [6.45, 7) is 6.07. The highest BCUT2D eigenvalue weighted by Crippen LogP contribution is 2.39. The first-order chi connectivity index (χ1) is 10.2. The number of hydrogen-bond donors (Lipinski definition) is 2. The molecular formula is C17H25N3O. The minimum absolute atomic E-state index is 0.0492. The van der Waals surface area contributed by atoms with Crippen LogP contribution in [0.5, 0.6) is 0 Å². The Morgan fingerprint density at radius 1 is 1.14 bits per heavy atom. The molecule has 1 aromatic carbocycles. The van der Waals surface area contributed by atoms with Crippen molar-refractivity contribution < 1.29 is 4.79 Å². The second-order valence-electron chi connectivity index (χ2n) is 6.48. The fraction of sp³-hybridized carbons (Fsp3) is 0.588. The Bertz CT molecular complexity index is 499. The molecule has 2 fully saturated rings. The Hall–Kier alpha value is -1.55. The average Bonchev–Trinajstić information content (AvgIpc) is 2.51. The van der Waals surface area contributed by atoms with Gasteiger partial charge in [0.05, 0.1) is 0 Å². The predicted molar refractivity (Wildman–Crippen MR) is 85.5 cm³/mol. The molecule has 2 amide bonds. The van der Waals surface area contributed by atoms with Crippen LogP contribution in [0.15, 0.2) is 24.3 Å². The molecule has 114 valence electrons. The summed E-state index contributed by atoms with van der Waals surface area (Å²) in [5.41, 5.74) is 2.52. The standard InChI is InChI=1S/C17H25N3O/c1-14-4-2-3-5-15(14)19-16(21)20-12-8-17(9-13-20)6-10-18-11-7-17/h2-5,18H,6-13H2,1H3,(H,19,21). The lowest BCUT2D eigenvalue weighted by Crippen LogP contribution is -2.48. The zero-order valence-corrected chi connectivity index (χ0v) is 12.8. The van der Waals surface area contributed by atoms with E-state index in [1.165, 1.54) is 12.8 Å². The van der Waals surface area contributed by atoms with Crippen LogP contribution in [-0.2, 0) is 0 Å². The summed E-state index contributed by atoms with van der Waals surface area (Å²) < 4.78 is 0. The van der Waals surface area contributed by atoms with E-state index in [9.17, 15) is 4.79 Å². The molecule has 2 aliphatic heterocycles. The number of urea groups is 1. The molecule has 1 spiro atoms. The van der Waals surface area contributed by atoms with Crippen molar-refractivity contribution in [1.29, 1.82) is 0 Å². The van der Waals surface area contributed by atoms with Crippen molar-refractivity contribution in [2.75, 3.05) is 31.5 Å². The van der Waals surface area contributed by atoms with Gasteiger partial charge in [0, 0.05) is 18.8 Å². The number of piperidine rings is 2. The third-order valence-corrected chi connectivity index (χ3v) is 5.16. The molecule has 0 aliphatic carbocycles. The predicted octanol–water partition coefficient (Wildman–Crippen LogP) is 2.99. The van der Waals surface area contributed by atoms with Gasteiger partial charge in [-0.1, -0.05) is 18.2 Å². The van der Waals surface area contributed by atoms with Gasteiger partial charge in [-0.25, -0.2) is 4.79 Å². The highest BCUT2D eigenvalue weighted by Gasteiger charge is 2.36. The Morgan fingerprint density at radius 3 is 2.48 bits per heavy atom. The molecule has 0 unspecified atom stereocenters. The summed E-state index contributed by atoms with van der Waals surface area (Å²) in [5.74, 6) is 0. The summed E-state index contributed by atoms with van der Waals surface area (Å²) in [6.07, 6.45) is 4.83. The fourth-order valence-corrected chi connectivity index (χ4v) is 3.55. The number of nitrogens with zero attached hydrogens (tertiary/aromatic N) is 1. The van der Waals surface area contributed by atoms with Crippen LogP contribution in [0.3, 0.4) is 0 Å². The normalized spacial score (nSPS) is 21.3. The zero-order chi connectivity index (χ0) is 14.7. The van der Waals surface area contributed by atoms with Crippen LogP contribution < -0.4 is 10.6 Å². The Labute approximate surface area is 126 Å². The molecule has 3 rings (SSSR count). The summed E-state index contributed by atoms with van der Waals surface area (Å²) in [6, 6.07) is 7.99. The van der Waals surface area contributed by atoms with E-state index >= 15 is 0 Å². The van der Waals surface area contributed by atoms with Crippen molar-refractivity contribution in [3.63, 3.8) is 0 Å². The van der Waals surface area contributed by atoms with Gasteiger partial charge < -0.3 is 15.5 Å². The number of hydrogen-bond acceptors (Lipinski definition) is 2. The monoisotopic (exact) mass is 287 g/mol. The van der Waals surface area contributed by atoms with Gasteiger partial charge in [0.1, 0.15) is 0 Å². The van der Waals surface area contributed by atoms with E-state index in [0.29, 0.717) is 5.41 Å². The van der Waals surface area contributed by atoms with E-state index in [2.05, 4.69) is 10.6 Å². The number of carbonyl (C=O) groups excluding carboxylic acids is 1. The van der Waals surface area contributed by atoms with Crippen LogP contribution in [0.1, 0.15) is 31.2 Å². The Morgan fingerprint density at radius 2 is 1.81 bits per heavy atom. The first kappa shape index (κ1) is 14.4. The van der Waals surface area contributed by atoms with Crippen LogP contribution in [-0.4, -0.2) is 37.1 Å². The molecule has 2 aliphatic rings. The quantitative estimate of drug-likeness (QED) is 0.834. The molecule has 4 nitrogen and oxygen atoms in total. The average molecular weight is 287 g/mol. The molecule has 1 aromatic rings. The van der Waals surface area contributed by atoms with E-state index in [1.807, 2.05) is 36.1 Å². The number of carbonyl (C=O) groups is 1. The SMILES string of the molecule is Cc1ccccc1NC(=O)N1CCC2(CCNCC2)CC1. The lowest BCUT2D eigenvalue weighted by molar-refractivity contribution is 0.0915. The molecule has 2 N–H and O–H groups in total. The van der Waals surface area contributed by atoms with Crippen molar-refractivity contribution in [2.24, 2.45) is 5.41 Å². The van der Waals surface area contributed by atoms with Gasteiger partial charge >= 0.3 is 6.03 Å². The second-order valence-corrected chi connectivity index (χ2v) is 6.48. The van der Waals surface area contributed by atoms with E-state index < -0.39 is 0 Å². The first-order valence-corrected chi connectivity index (χ1v) is 8.01. The zero-order valence-electron chi connectivity index (χ0n) is 12.8. The molecule has 0 bridgehead atoms. The first-order valence-electron chi connectivity index (χ1n) is 8.01. The minimum Gasteiger partial charge on any atom is -0.324 e. The summed E-state index contributed by atoms with van der Waals surface area (Å²) in [4.78, 5) is 14.4. The van der Waals surface area contributed by atoms with Gasteiger partial charge in [0.2, 0.25) is 0 Å². The fourth-order valence-electron chi connectivity index (χ4n) is 3.55. The Balaban J connectivity index is 1.57. The highest BCUT2D eigenvalue weighted by molar-refractivity contribution is 5.90. The van der Waals surface area contributed by atoms with Crippen LogP contribution in [0.4, 0.5) is 10.5 Å². The van der Waals surface area contributed by atoms with Gasteiger partial charge in [-0.3, -0.25) is 0 Å². The van der Waals surface area contributed by atoms with Gasteiger partial charge in [-0.05, 0) is 62.7 Å². The maximum absolute atomic E-state index is 12.4. The van der Waals surface area contributed by atoms with Crippen molar-refractivity contribution in [2.45, 2.75) is 32.6 Å². The number of likely N-dealkylation sites (tertiary alicyclic amines) is 1. The van der Waals surface area contributed by atoms with Crippen LogP contribution in [0.2, 0.25) is 0 Å². The molecule has 2 heterocycles. The highest BCUT2D eigenvalue weighted by atomic mass is 16.2. The second kappa shape index (κ2) is 6.06. The van der Waals surface area contributed by atoms with Gasteiger partial charge in [0.15, 0.2) is 0 Å². The summed E-state index contributed by atoms with van der Waals surface area (Å²) in [7, 11) is 0. The van der Waals surface area contributed by atoms with Crippen LogP contribution >= 0.6 is 0 Å². The number of aryl methyl sites for hydroxylation is 1. The van der Waals surface area contributed by atoms with E-state index in [1.54, 1.807) is 0 Å². The van der Waals surface area contributed by atoms with Crippen LogP contribution in [0, 0.1) is 12.3 Å². The van der Waals surface area contributed by atoms with Crippen molar-refractivity contribution >= 4 is 11.7 Å². The summed E-state index contributed by atoms with van der Waals surface area (Å²) >= 11 is 0. The molecule has 21 heavy (non-hydrogen) atoms. The third kappa shape index (κ3) is 3.21. The smallest absolute Gasteiger partial charge is 0.321 e. The van der Waals surface area contributed by atoms with Gasteiger partial charge in [-0.2, -0.15) is 0 Å². The number of anilines is 1. The number of para-hydroxylation sites is 1. The lowest BCUT2D eigenvalue weighted by atomic mass is 9.72. The number of rotatable bonds is 1. The number of benzene rings is 1. The third-order valence-electron chi connectivity index (χ3n) is 5.16. The largest absolute Gasteiger partial charge is 0.324 e. The number of nitrogens with one attached hydrogen (secondary N) is 2. The van der Waals surface area contributed by atoms with Crippen molar-refractivity contribution in [1.82, 2.24) is 10.2 Å². The maximum Gasteiger partial charge on any atom is 0.321 e. The van der Waals surface area contributed by atoms with Crippen molar-refractivity contribution in [3.8, 4) is 0 Å². The van der Waals surface area contributed by atoms with E-state index in [0.717, 1.165) is 50.3 Å². The Kier molecular flexibility index (Phi) is 4.15. The van der Waals surface area contributed by atoms with Crippen molar-refractivity contribution in [3.05, 3.63) is 29.8 Å². The van der Waals surface area contributed by atoms with E-state index in [-0.39, 0.29) is 6.03 Å².